The number of aliphatic hydroxyl groups excluding tert-OH is 1. The average molecular weight is 257 g/mol. The Balaban J connectivity index is 3.06. The Morgan fingerprint density at radius 1 is 1.53 bits per heavy atom. The number of aliphatic hydroxyl groups is 1. The van der Waals surface area contributed by atoms with Gasteiger partial charge in [-0.2, -0.15) is 4.31 Å². The van der Waals surface area contributed by atoms with E-state index in [2.05, 4.69) is 11.6 Å². The monoisotopic (exact) mass is 257 g/mol. The highest BCUT2D eigenvalue weighted by Crippen LogP contribution is 2.15. The number of pyridine rings is 1. The minimum atomic E-state index is -3.66. The van der Waals surface area contributed by atoms with E-state index in [1.807, 2.05) is 0 Å². The molecule has 94 valence electrons. The first kappa shape index (κ1) is 13.6. The van der Waals surface area contributed by atoms with Gasteiger partial charge in [0.15, 0.2) is 0 Å². The van der Waals surface area contributed by atoms with Crippen molar-refractivity contribution in [1.82, 2.24) is 9.29 Å². The lowest BCUT2D eigenvalue weighted by Crippen LogP contribution is -2.33. The van der Waals surface area contributed by atoms with Gasteiger partial charge in [-0.15, -0.1) is 6.58 Å². The van der Waals surface area contributed by atoms with Crippen molar-refractivity contribution >= 4 is 15.8 Å². The summed E-state index contributed by atoms with van der Waals surface area (Å²) in [6.45, 7) is 3.37. The summed E-state index contributed by atoms with van der Waals surface area (Å²) < 4.78 is 25.3. The molecule has 0 amide bonds. The van der Waals surface area contributed by atoms with E-state index in [-0.39, 0.29) is 30.4 Å². The van der Waals surface area contributed by atoms with E-state index in [4.69, 9.17) is 10.8 Å². The molecular formula is C10H15N3O3S. The summed E-state index contributed by atoms with van der Waals surface area (Å²) in [5, 5.41) is 8.84. The van der Waals surface area contributed by atoms with Gasteiger partial charge >= 0.3 is 0 Å². The van der Waals surface area contributed by atoms with E-state index >= 15 is 0 Å². The molecule has 0 radical (unpaired) electrons. The molecule has 0 aromatic carbocycles. The molecule has 0 spiro atoms. The zero-order valence-electron chi connectivity index (χ0n) is 9.28. The summed E-state index contributed by atoms with van der Waals surface area (Å²) in [7, 11) is -3.66. The molecule has 0 aliphatic heterocycles. The van der Waals surface area contributed by atoms with Crippen molar-refractivity contribution in [2.45, 2.75) is 4.90 Å². The van der Waals surface area contributed by atoms with Gasteiger partial charge in [0.25, 0.3) is 0 Å². The molecule has 0 atom stereocenters. The number of nitrogens with two attached hydrogens (primary N) is 1. The van der Waals surface area contributed by atoms with E-state index in [0.29, 0.717) is 0 Å². The maximum atomic E-state index is 12.1. The third-order valence-electron chi connectivity index (χ3n) is 2.08. The van der Waals surface area contributed by atoms with Gasteiger partial charge in [-0.3, -0.25) is 0 Å². The van der Waals surface area contributed by atoms with Crippen molar-refractivity contribution < 1.29 is 13.5 Å². The molecule has 0 saturated heterocycles. The minimum Gasteiger partial charge on any atom is -0.395 e. The van der Waals surface area contributed by atoms with Crippen molar-refractivity contribution in [3.63, 3.8) is 0 Å². The Morgan fingerprint density at radius 2 is 2.24 bits per heavy atom. The first-order valence-electron chi connectivity index (χ1n) is 4.96. The van der Waals surface area contributed by atoms with Crippen LogP contribution in [0.25, 0.3) is 0 Å². The minimum absolute atomic E-state index is 0.0126. The maximum absolute atomic E-state index is 12.1. The number of aromatic nitrogens is 1. The van der Waals surface area contributed by atoms with Gasteiger partial charge in [0, 0.05) is 19.3 Å². The number of nitrogen functional groups attached to an aromatic ring is 1. The summed E-state index contributed by atoms with van der Waals surface area (Å²) in [6.07, 6.45) is 2.65. The van der Waals surface area contributed by atoms with Gasteiger partial charge in [-0.25, -0.2) is 13.4 Å². The highest BCUT2D eigenvalue weighted by molar-refractivity contribution is 7.89. The highest BCUT2D eigenvalue weighted by Gasteiger charge is 2.23. The molecule has 17 heavy (non-hydrogen) atoms. The second-order valence-electron chi connectivity index (χ2n) is 3.29. The largest absolute Gasteiger partial charge is 0.395 e. The molecule has 0 aliphatic carbocycles. The molecule has 1 aromatic heterocycles. The molecule has 1 rings (SSSR count). The SMILES string of the molecule is C=CCN(CCO)S(=O)(=O)c1ccc(N)nc1. The van der Waals surface area contributed by atoms with Crippen LogP contribution in [0.1, 0.15) is 0 Å². The van der Waals surface area contributed by atoms with Crippen LogP contribution in [0.15, 0.2) is 35.9 Å². The predicted molar refractivity (Wildman–Crippen MR) is 64.7 cm³/mol. The van der Waals surface area contributed by atoms with E-state index in [1.54, 1.807) is 0 Å². The zero-order chi connectivity index (χ0) is 12.9. The van der Waals surface area contributed by atoms with Gasteiger partial charge in [0.05, 0.1) is 6.61 Å². The Hall–Kier alpha value is -1.44. The van der Waals surface area contributed by atoms with Gasteiger partial charge in [0.1, 0.15) is 10.7 Å². The predicted octanol–water partition coefficient (Wildman–Crippen LogP) is -0.167. The quantitative estimate of drug-likeness (QED) is 0.690. The molecule has 0 aliphatic rings. The van der Waals surface area contributed by atoms with Crippen LogP contribution in [0.4, 0.5) is 5.82 Å². The number of anilines is 1. The van der Waals surface area contributed by atoms with Crippen LogP contribution >= 0.6 is 0 Å². The van der Waals surface area contributed by atoms with Crippen LogP contribution < -0.4 is 5.73 Å². The summed E-state index contributed by atoms with van der Waals surface area (Å²) in [4.78, 5) is 3.78. The molecule has 0 fully saturated rings. The van der Waals surface area contributed by atoms with Crippen molar-refractivity contribution in [2.24, 2.45) is 0 Å². The summed E-state index contributed by atoms with van der Waals surface area (Å²) in [5.41, 5.74) is 5.39. The normalized spacial score (nSPS) is 11.6. The van der Waals surface area contributed by atoms with Gasteiger partial charge in [-0.1, -0.05) is 6.08 Å². The number of sulfonamides is 1. The fraction of sp³-hybridized carbons (Fsp3) is 0.300. The number of hydrogen-bond acceptors (Lipinski definition) is 5. The Bertz CT molecular complexity index is 470. The molecule has 1 heterocycles. The second kappa shape index (κ2) is 5.76. The van der Waals surface area contributed by atoms with Crippen molar-refractivity contribution in [3.05, 3.63) is 31.0 Å². The zero-order valence-corrected chi connectivity index (χ0v) is 10.1. The second-order valence-corrected chi connectivity index (χ2v) is 5.23. The molecule has 3 N–H and O–H groups in total. The first-order valence-corrected chi connectivity index (χ1v) is 6.40. The number of nitrogens with zero attached hydrogens (tertiary/aromatic N) is 2. The van der Waals surface area contributed by atoms with Crippen molar-refractivity contribution in [1.29, 1.82) is 0 Å². The van der Waals surface area contributed by atoms with Crippen LogP contribution in [0.5, 0.6) is 0 Å². The lowest BCUT2D eigenvalue weighted by Gasteiger charge is -2.19. The third-order valence-corrected chi connectivity index (χ3v) is 3.93. The topological polar surface area (TPSA) is 96.5 Å². The summed E-state index contributed by atoms with van der Waals surface area (Å²) in [5.74, 6) is 0.251. The van der Waals surface area contributed by atoms with Gasteiger partial charge in [0.2, 0.25) is 10.0 Å². The van der Waals surface area contributed by atoms with Crippen LogP contribution in [-0.4, -0.2) is 42.5 Å². The molecule has 0 bridgehead atoms. The molecule has 6 nitrogen and oxygen atoms in total. The van der Waals surface area contributed by atoms with E-state index in [9.17, 15) is 8.42 Å². The van der Waals surface area contributed by atoms with Gasteiger partial charge < -0.3 is 10.8 Å². The summed E-state index contributed by atoms with van der Waals surface area (Å²) >= 11 is 0. The smallest absolute Gasteiger partial charge is 0.244 e. The van der Waals surface area contributed by atoms with Crippen LogP contribution in [0.3, 0.4) is 0 Å². The van der Waals surface area contributed by atoms with E-state index in [1.165, 1.54) is 24.4 Å². The fourth-order valence-electron chi connectivity index (χ4n) is 1.26. The first-order chi connectivity index (χ1) is 8.02. The molecule has 0 unspecified atom stereocenters. The molecule has 0 saturated carbocycles. The summed E-state index contributed by atoms with van der Waals surface area (Å²) in [6, 6.07) is 2.79. The standard InChI is InChI=1S/C10H15N3O3S/c1-2-5-13(6-7-14)17(15,16)9-3-4-10(11)12-8-9/h2-4,8,14H,1,5-7H2,(H2,11,12). The van der Waals surface area contributed by atoms with Crippen LogP contribution in [0.2, 0.25) is 0 Å². The van der Waals surface area contributed by atoms with Crippen LogP contribution in [0, 0.1) is 0 Å². The maximum Gasteiger partial charge on any atom is 0.244 e. The third kappa shape index (κ3) is 3.26. The lowest BCUT2D eigenvalue weighted by atomic mass is 10.5. The number of hydrogen-bond donors (Lipinski definition) is 2. The van der Waals surface area contributed by atoms with Crippen molar-refractivity contribution in [2.75, 3.05) is 25.4 Å². The fourth-order valence-corrected chi connectivity index (χ4v) is 2.61. The molecular weight excluding hydrogens is 242 g/mol. The highest BCUT2D eigenvalue weighted by atomic mass is 32.2. The Kier molecular flexibility index (Phi) is 4.62. The number of rotatable bonds is 6. The Morgan fingerprint density at radius 3 is 2.71 bits per heavy atom. The van der Waals surface area contributed by atoms with E-state index in [0.717, 1.165) is 4.31 Å². The van der Waals surface area contributed by atoms with Crippen LogP contribution in [-0.2, 0) is 10.0 Å². The average Bonchev–Trinajstić information content (AvgIpc) is 2.29. The van der Waals surface area contributed by atoms with E-state index < -0.39 is 10.0 Å². The molecule has 7 heteroatoms. The lowest BCUT2D eigenvalue weighted by molar-refractivity contribution is 0.260. The molecule has 1 aromatic rings. The van der Waals surface area contributed by atoms with Gasteiger partial charge in [-0.05, 0) is 12.1 Å². The Labute approximate surface area is 100 Å². The van der Waals surface area contributed by atoms with Crippen molar-refractivity contribution in [3.8, 4) is 0 Å².